The SMILES string of the molecule is CCOP(=O)(NC(=O)P(=O)(OC)OC)OCC(F)(F)F. The Morgan fingerprint density at radius 3 is 2.00 bits per heavy atom. The Kier molecular flexibility index (Phi) is 7.37. The second kappa shape index (κ2) is 7.53. The molecule has 0 spiro atoms. The minimum Gasteiger partial charge on any atom is -0.305 e. The number of halogens is 3. The highest BCUT2D eigenvalue weighted by Gasteiger charge is 2.41. The van der Waals surface area contributed by atoms with Gasteiger partial charge in [-0.1, -0.05) is 0 Å². The summed E-state index contributed by atoms with van der Waals surface area (Å²) in [5.74, 6) is 0. The molecular formula is C7H14F3NO7P2. The second-order valence-corrected chi connectivity index (χ2v) is 6.95. The van der Waals surface area contributed by atoms with Crippen molar-refractivity contribution in [2.75, 3.05) is 27.4 Å². The highest BCUT2D eigenvalue weighted by atomic mass is 31.2. The van der Waals surface area contributed by atoms with Crippen molar-refractivity contribution in [1.82, 2.24) is 5.09 Å². The lowest BCUT2D eigenvalue weighted by Gasteiger charge is -2.20. The highest BCUT2D eigenvalue weighted by Crippen LogP contribution is 2.53. The summed E-state index contributed by atoms with van der Waals surface area (Å²) in [5.41, 5.74) is -1.54. The number of carbonyl (C=O) groups excluding carboxylic acids is 1. The van der Waals surface area contributed by atoms with Crippen LogP contribution in [0, 0.1) is 0 Å². The largest absolute Gasteiger partial charge is 0.435 e. The average Bonchev–Trinajstić information content (AvgIpc) is 2.35. The van der Waals surface area contributed by atoms with Crippen LogP contribution in [0.4, 0.5) is 18.0 Å². The lowest BCUT2D eigenvalue weighted by Crippen LogP contribution is -2.25. The quantitative estimate of drug-likeness (QED) is 0.676. The highest BCUT2D eigenvalue weighted by molar-refractivity contribution is 7.73. The van der Waals surface area contributed by atoms with Crippen LogP contribution in [0.2, 0.25) is 0 Å². The molecule has 0 bridgehead atoms. The second-order valence-electron chi connectivity index (χ2n) is 3.08. The summed E-state index contributed by atoms with van der Waals surface area (Å²) in [6.07, 6.45) is -4.79. The van der Waals surface area contributed by atoms with Crippen LogP contribution in [-0.2, 0) is 27.2 Å². The van der Waals surface area contributed by atoms with Crippen LogP contribution in [0.5, 0.6) is 0 Å². The normalized spacial score (nSPS) is 15.7. The topological polar surface area (TPSA) is 100 Å². The first-order valence-electron chi connectivity index (χ1n) is 5.02. The summed E-state index contributed by atoms with van der Waals surface area (Å²) in [6, 6.07) is 0. The molecule has 0 radical (unpaired) electrons. The van der Waals surface area contributed by atoms with Gasteiger partial charge < -0.3 is 9.05 Å². The predicted molar refractivity (Wildman–Crippen MR) is 61.4 cm³/mol. The molecule has 0 aliphatic heterocycles. The molecule has 120 valence electrons. The maximum atomic E-state index is 12.0. The maximum absolute atomic E-state index is 12.0. The first-order chi connectivity index (χ1) is 9.02. The maximum Gasteiger partial charge on any atom is 0.435 e. The van der Waals surface area contributed by atoms with Crippen LogP contribution in [0.15, 0.2) is 0 Å². The van der Waals surface area contributed by atoms with Gasteiger partial charge in [0.15, 0.2) is 6.61 Å². The number of alkyl halides is 3. The van der Waals surface area contributed by atoms with E-state index in [1.165, 1.54) is 12.0 Å². The molecule has 8 nitrogen and oxygen atoms in total. The van der Waals surface area contributed by atoms with Crippen molar-refractivity contribution in [1.29, 1.82) is 0 Å². The molecule has 0 aromatic carbocycles. The fourth-order valence-corrected chi connectivity index (χ4v) is 3.28. The summed E-state index contributed by atoms with van der Waals surface area (Å²) >= 11 is 0. The molecule has 0 aromatic rings. The molecule has 1 N–H and O–H groups in total. The molecule has 1 atom stereocenters. The molecule has 0 aliphatic carbocycles. The van der Waals surface area contributed by atoms with Gasteiger partial charge in [0.2, 0.25) is 0 Å². The van der Waals surface area contributed by atoms with E-state index in [2.05, 4.69) is 18.1 Å². The number of hydrogen-bond donors (Lipinski definition) is 1. The molecule has 0 aliphatic rings. The van der Waals surface area contributed by atoms with Crippen molar-refractivity contribution in [3.8, 4) is 0 Å². The summed E-state index contributed by atoms with van der Waals surface area (Å²) < 4.78 is 76.5. The molecule has 20 heavy (non-hydrogen) atoms. The van der Waals surface area contributed by atoms with E-state index in [0.29, 0.717) is 0 Å². The minimum absolute atomic E-state index is 0.320. The van der Waals surface area contributed by atoms with Crippen LogP contribution >= 0.6 is 15.3 Å². The third-order valence-corrected chi connectivity index (χ3v) is 4.95. The van der Waals surface area contributed by atoms with E-state index < -0.39 is 33.8 Å². The van der Waals surface area contributed by atoms with E-state index in [9.17, 15) is 27.1 Å². The lowest BCUT2D eigenvalue weighted by atomic mass is 10.7. The predicted octanol–water partition coefficient (Wildman–Crippen LogP) is 2.91. The lowest BCUT2D eigenvalue weighted by molar-refractivity contribution is -0.155. The fourth-order valence-electron chi connectivity index (χ4n) is 0.849. The van der Waals surface area contributed by atoms with E-state index in [4.69, 9.17) is 0 Å². The Morgan fingerprint density at radius 1 is 1.15 bits per heavy atom. The third-order valence-electron chi connectivity index (χ3n) is 1.66. The Labute approximate surface area is 113 Å². The molecule has 0 saturated heterocycles. The van der Waals surface area contributed by atoms with Crippen molar-refractivity contribution in [3.05, 3.63) is 0 Å². The van der Waals surface area contributed by atoms with Gasteiger partial charge in [0, 0.05) is 14.2 Å². The van der Waals surface area contributed by atoms with Gasteiger partial charge in [0.25, 0.3) is 0 Å². The minimum atomic E-state index is -4.79. The number of hydrogen-bond acceptors (Lipinski definition) is 7. The zero-order valence-corrected chi connectivity index (χ0v) is 12.6. The number of nitrogens with one attached hydrogen (secondary N) is 1. The van der Waals surface area contributed by atoms with E-state index in [1.54, 1.807) is 0 Å². The Morgan fingerprint density at radius 2 is 1.65 bits per heavy atom. The monoisotopic (exact) mass is 343 g/mol. The summed E-state index contributed by atoms with van der Waals surface area (Å²) in [6.45, 7) is -0.934. The van der Waals surface area contributed by atoms with Crippen LogP contribution < -0.4 is 5.09 Å². The smallest absolute Gasteiger partial charge is 0.305 e. The molecule has 1 amide bonds. The van der Waals surface area contributed by atoms with Gasteiger partial charge in [-0.15, -0.1) is 0 Å². The first kappa shape index (κ1) is 19.6. The Balaban J connectivity index is 4.97. The molecule has 0 fully saturated rings. The molecule has 0 saturated carbocycles. The number of amides is 1. The van der Waals surface area contributed by atoms with E-state index >= 15 is 0 Å². The van der Waals surface area contributed by atoms with Gasteiger partial charge in [0.1, 0.15) is 0 Å². The van der Waals surface area contributed by atoms with Gasteiger partial charge in [-0.3, -0.25) is 18.9 Å². The Hall–Kier alpha value is -0.440. The first-order valence-corrected chi connectivity index (χ1v) is 8.10. The van der Waals surface area contributed by atoms with Gasteiger partial charge in [-0.05, 0) is 6.92 Å². The van der Waals surface area contributed by atoms with Crippen molar-refractivity contribution >= 4 is 21.0 Å². The molecule has 0 aromatic heterocycles. The van der Waals surface area contributed by atoms with Crippen molar-refractivity contribution in [3.63, 3.8) is 0 Å². The van der Waals surface area contributed by atoms with Crippen molar-refractivity contribution in [2.45, 2.75) is 13.1 Å². The van der Waals surface area contributed by atoms with Gasteiger partial charge in [-0.2, -0.15) is 13.2 Å². The van der Waals surface area contributed by atoms with Crippen LogP contribution in [0.3, 0.4) is 0 Å². The van der Waals surface area contributed by atoms with Gasteiger partial charge >= 0.3 is 27.2 Å². The standard InChI is InChI=1S/C7H14F3NO7P2/c1-4-17-20(14,18-5-7(8,9)10)11-6(12)19(13,15-2)16-3/h4-5H2,1-3H3,(H,11,12,14). The molecule has 13 heteroatoms. The average molecular weight is 343 g/mol. The Bertz CT molecular complexity index is 419. The zero-order valence-electron chi connectivity index (χ0n) is 10.8. The fraction of sp³-hybridized carbons (Fsp3) is 0.857. The molecule has 1 unspecified atom stereocenters. The van der Waals surface area contributed by atoms with Gasteiger partial charge in [0.05, 0.1) is 6.61 Å². The number of carbonyl (C=O) groups is 1. The van der Waals surface area contributed by atoms with Crippen molar-refractivity contribution < 1.29 is 45.2 Å². The van der Waals surface area contributed by atoms with Crippen molar-refractivity contribution in [2.24, 2.45) is 0 Å². The molecule has 0 rings (SSSR count). The van der Waals surface area contributed by atoms with Crippen LogP contribution in [0.25, 0.3) is 0 Å². The summed E-state index contributed by atoms with van der Waals surface area (Å²) in [7, 11) is -7.23. The number of rotatable bonds is 8. The van der Waals surface area contributed by atoms with E-state index in [1.807, 2.05) is 0 Å². The summed E-state index contributed by atoms with van der Waals surface area (Å²) in [5, 5.41) is 1.47. The van der Waals surface area contributed by atoms with E-state index in [-0.39, 0.29) is 6.61 Å². The molecule has 0 heterocycles. The van der Waals surface area contributed by atoms with Crippen LogP contribution in [-0.4, -0.2) is 39.3 Å². The van der Waals surface area contributed by atoms with E-state index in [0.717, 1.165) is 14.2 Å². The zero-order chi connectivity index (χ0) is 16.0. The van der Waals surface area contributed by atoms with Crippen LogP contribution in [0.1, 0.15) is 6.92 Å². The third kappa shape index (κ3) is 6.34. The van der Waals surface area contributed by atoms with Gasteiger partial charge in [-0.25, -0.2) is 9.13 Å². The summed E-state index contributed by atoms with van der Waals surface area (Å²) in [4.78, 5) is 11.5. The molecular weight excluding hydrogens is 329 g/mol.